The van der Waals surface area contributed by atoms with Crippen LogP contribution in [0.3, 0.4) is 0 Å². The average Bonchev–Trinajstić information content (AvgIpc) is 2.95. The first-order valence-corrected chi connectivity index (χ1v) is 6.69. The minimum Gasteiger partial charge on any atom is -0.459 e. The fourth-order valence-corrected chi connectivity index (χ4v) is 2.81. The summed E-state index contributed by atoms with van der Waals surface area (Å²) in [5.74, 6) is 0.0470. The van der Waals surface area contributed by atoms with Gasteiger partial charge in [-0.05, 0) is 28.8 Å². The Kier molecular flexibility index (Phi) is 2.48. The number of rotatable bonds is 3. The monoisotopic (exact) mass is 300 g/mol. The van der Waals surface area contributed by atoms with Crippen molar-refractivity contribution in [1.29, 1.82) is 0 Å². The van der Waals surface area contributed by atoms with Crippen LogP contribution in [0.25, 0.3) is 4.96 Å². The second-order valence-electron chi connectivity index (χ2n) is 3.79. The number of carbonyl (C=O) groups excluding carboxylic acids is 1. The van der Waals surface area contributed by atoms with Gasteiger partial charge in [0.15, 0.2) is 4.96 Å². The standard InChI is InChI=1S/C10H9BrN2O2S/c11-8-7(5-15-9(14)6-1-2-6)12-10-13(8)3-4-16-10/h3-4,6H,1-2,5H2. The highest BCUT2D eigenvalue weighted by Gasteiger charge is 2.31. The van der Waals surface area contributed by atoms with E-state index in [1.54, 1.807) is 11.3 Å². The molecule has 1 fully saturated rings. The van der Waals surface area contributed by atoms with E-state index >= 15 is 0 Å². The number of ether oxygens (including phenoxy) is 1. The van der Waals surface area contributed by atoms with Crippen LogP contribution in [0.1, 0.15) is 18.5 Å². The highest BCUT2D eigenvalue weighted by molar-refractivity contribution is 9.10. The summed E-state index contributed by atoms with van der Waals surface area (Å²) in [6.07, 6.45) is 3.87. The van der Waals surface area contributed by atoms with E-state index < -0.39 is 0 Å². The smallest absolute Gasteiger partial charge is 0.309 e. The number of aromatic nitrogens is 2. The summed E-state index contributed by atoms with van der Waals surface area (Å²) >= 11 is 5.01. The average molecular weight is 301 g/mol. The van der Waals surface area contributed by atoms with Gasteiger partial charge >= 0.3 is 5.97 Å². The van der Waals surface area contributed by atoms with Gasteiger partial charge in [-0.2, -0.15) is 0 Å². The molecule has 0 bridgehead atoms. The van der Waals surface area contributed by atoms with Crippen LogP contribution in [0, 0.1) is 5.92 Å². The first kappa shape index (κ1) is 10.3. The number of halogens is 1. The minimum atomic E-state index is -0.0942. The quantitative estimate of drug-likeness (QED) is 0.819. The van der Waals surface area contributed by atoms with Gasteiger partial charge in [-0.25, -0.2) is 4.98 Å². The third-order valence-corrected chi connectivity index (χ3v) is 4.13. The highest BCUT2D eigenvalue weighted by Crippen LogP contribution is 2.31. The summed E-state index contributed by atoms with van der Waals surface area (Å²) in [6.45, 7) is 0.254. The zero-order valence-corrected chi connectivity index (χ0v) is 10.8. The van der Waals surface area contributed by atoms with Gasteiger partial charge in [0.2, 0.25) is 0 Å². The Hall–Kier alpha value is -0.880. The van der Waals surface area contributed by atoms with Gasteiger partial charge in [-0.1, -0.05) is 0 Å². The van der Waals surface area contributed by atoms with E-state index in [-0.39, 0.29) is 18.5 Å². The van der Waals surface area contributed by atoms with E-state index in [9.17, 15) is 4.79 Å². The molecule has 0 unspecified atom stereocenters. The molecule has 16 heavy (non-hydrogen) atoms. The van der Waals surface area contributed by atoms with Gasteiger partial charge < -0.3 is 4.74 Å². The maximum atomic E-state index is 11.4. The van der Waals surface area contributed by atoms with E-state index in [1.165, 1.54) is 0 Å². The molecule has 0 saturated heterocycles. The summed E-state index contributed by atoms with van der Waals surface area (Å²) in [5, 5.41) is 1.97. The van der Waals surface area contributed by atoms with E-state index in [1.807, 2.05) is 16.0 Å². The van der Waals surface area contributed by atoms with Gasteiger partial charge in [-0.15, -0.1) is 11.3 Å². The molecular weight excluding hydrogens is 292 g/mol. The number of hydrogen-bond acceptors (Lipinski definition) is 4. The molecule has 3 rings (SSSR count). The van der Waals surface area contributed by atoms with Crippen molar-refractivity contribution in [3.63, 3.8) is 0 Å². The van der Waals surface area contributed by atoms with Crippen molar-refractivity contribution in [2.45, 2.75) is 19.4 Å². The molecule has 1 aliphatic rings. The Balaban J connectivity index is 1.75. The van der Waals surface area contributed by atoms with Crippen molar-refractivity contribution in [3.8, 4) is 0 Å². The van der Waals surface area contributed by atoms with Crippen molar-refractivity contribution in [3.05, 3.63) is 21.9 Å². The number of hydrogen-bond donors (Lipinski definition) is 0. The van der Waals surface area contributed by atoms with E-state index in [4.69, 9.17) is 4.74 Å². The first-order chi connectivity index (χ1) is 7.75. The minimum absolute atomic E-state index is 0.0942. The summed E-state index contributed by atoms with van der Waals surface area (Å²) < 4.78 is 8.00. The maximum Gasteiger partial charge on any atom is 0.309 e. The number of esters is 1. The number of fused-ring (bicyclic) bond motifs is 1. The summed E-state index contributed by atoms with van der Waals surface area (Å²) in [4.78, 5) is 16.7. The molecule has 0 aromatic carbocycles. The topological polar surface area (TPSA) is 43.6 Å². The summed E-state index contributed by atoms with van der Waals surface area (Å²) in [6, 6.07) is 0. The van der Waals surface area contributed by atoms with Crippen LogP contribution in [-0.4, -0.2) is 15.4 Å². The third-order valence-electron chi connectivity index (χ3n) is 2.53. The predicted octanol–water partition coefficient (Wildman–Crippen LogP) is 2.61. The fourth-order valence-electron chi connectivity index (χ4n) is 1.47. The Labute approximate surface area is 104 Å². The highest BCUT2D eigenvalue weighted by atomic mass is 79.9. The summed E-state index contributed by atoms with van der Waals surface area (Å²) in [5.41, 5.74) is 0.779. The lowest BCUT2D eigenvalue weighted by Crippen LogP contribution is -2.06. The van der Waals surface area contributed by atoms with Crippen LogP contribution < -0.4 is 0 Å². The first-order valence-electron chi connectivity index (χ1n) is 5.02. The van der Waals surface area contributed by atoms with Crippen LogP contribution in [0.5, 0.6) is 0 Å². The lowest BCUT2D eigenvalue weighted by Gasteiger charge is -2.01. The molecule has 0 radical (unpaired) electrons. The molecule has 4 nitrogen and oxygen atoms in total. The third kappa shape index (κ3) is 1.76. The molecular formula is C10H9BrN2O2S. The van der Waals surface area contributed by atoms with E-state index in [0.29, 0.717) is 0 Å². The maximum absolute atomic E-state index is 11.4. The van der Waals surface area contributed by atoms with Crippen LogP contribution in [-0.2, 0) is 16.1 Å². The lowest BCUT2D eigenvalue weighted by molar-refractivity contribution is -0.146. The molecule has 2 heterocycles. The molecule has 1 aliphatic carbocycles. The molecule has 0 N–H and O–H groups in total. The Morgan fingerprint density at radius 2 is 2.50 bits per heavy atom. The molecule has 84 valence electrons. The van der Waals surface area contributed by atoms with Crippen molar-refractivity contribution < 1.29 is 9.53 Å². The predicted molar refractivity (Wildman–Crippen MR) is 63.3 cm³/mol. The van der Waals surface area contributed by atoms with Crippen molar-refractivity contribution in [2.24, 2.45) is 5.92 Å². The van der Waals surface area contributed by atoms with Crippen LogP contribution in [0.15, 0.2) is 16.2 Å². The normalized spacial score (nSPS) is 15.6. The van der Waals surface area contributed by atoms with E-state index in [0.717, 1.165) is 28.1 Å². The molecule has 0 aliphatic heterocycles. The van der Waals surface area contributed by atoms with Crippen LogP contribution in [0.2, 0.25) is 0 Å². The van der Waals surface area contributed by atoms with Gasteiger partial charge in [0.1, 0.15) is 16.9 Å². The zero-order valence-electron chi connectivity index (χ0n) is 8.35. The largest absolute Gasteiger partial charge is 0.459 e. The molecule has 6 heteroatoms. The van der Waals surface area contributed by atoms with Gasteiger partial charge in [0.05, 0.1) is 5.92 Å². The SMILES string of the molecule is O=C(OCc1nc2sccn2c1Br)C1CC1. The number of carbonyl (C=O) groups is 1. The van der Waals surface area contributed by atoms with Gasteiger partial charge in [0.25, 0.3) is 0 Å². The zero-order chi connectivity index (χ0) is 11.1. The van der Waals surface area contributed by atoms with Gasteiger partial charge in [-0.3, -0.25) is 9.20 Å². The van der Waals surface area contributed by atoms with Gasteiger partial charge in [0, 0.05) is 11.6 Å². The Bertz CT molecular complexity index is 544. The lowest BCUT2D eigenvalue weighted by atomic mass is 10.4. The Morgan fingerprint density at radius 1 is 1.69 bits per heavy atom. The second-order valence-corrected chi connectivity index (χ2v) is 5.41. The molecule has 2 aromatic heterocycles. The van der Waals surface area contributed by atoms with E-state index in [2.05, 4.69) is 20.9 Å². The molecule has 0 atom stereocenters. The van der Waals surface area contributed by atoms with Crippen LogP contribution in [0.4, 0.5) is 0 Å². The number of imidazole rings is 1. The Morgan fingerprint density at radius 3 is 3.19 bits per heavy atom. The van der Waals surface area contributed by atoms with Crippen LogP contribution >= 0.6 is 27.3 Å². The van der Waals surface area contributed by atoms with Crippen molar-refractivity contribution in [1.82, 2.24) is 9.38 Å². The molecule has 2 aromatic rings. The summed E-state index contributed by atoms with van der Waals surface area (Å²) in [7, 11) is 0. The molecule has 1 saturated carbocycles. The second kappa shape index (κ2) is 3.85. The fraction of sp³-hybridized carbons (Fsp3) is 0.400. The van der Waals surface area contributed by atoms with Crippen molar-refractivity contribution >= 4 is 38.2 Å². The molecule has 0 spiro atoms. The molecule has 0 amide bonds. The number of nitrogens with zero attached hydrogens (tertiary/aromatic N) is 2. The number of thiazole rings is 1. The van der Waals surface area contributed by atoms with Crippen molar-refractivity contribution in [2.75, 3.05) is 0 Å².